The summed E-state index contributed by atoms with van der Waals surface area (Å²) in [6.07, 6.45) is 1.38. The second kappa shape index (κ2) is 8.44. The zero-order valence-corrected chi connectivity index (χ0v) is 19.2. The Morgan fingerprint density at radius 2 is 1.75 bits per heavy atom. The lowest BCUT2D eigenvalue weighted by atomic mass is 10.1. The molecule has 0 unspecified atom stereocenters. The van der Waals surface area contributed by atoms with E-state index >= 15 is 0 Å². The van der Waals surface area contributed by atoms with Crippen LogP contribution in [0.5, 0.6) is 0 Å². The minimum Gasteiger partial charge on any atom is -0.444 e. The van der Waals surface area contributed by atoms with Crippen LogP contribution in [-0.4, -0.2) is 61.4 Å². The van der Waals surface area contributed by atoms with E-state index in [-0.39, 0.29) is 24.7 Å². The molecule has 2 aromatic rings. The number of carbonyl (C=O) groups is 2. The number of benzene rings is 1. The van der Waals surface area contributed by atoms with Gasteiger partial charge in [-0.3, -0.25) is 14.3 Å². The van der Waals surface area contributed by atoms with E-state index in [4.69, 9.17) is 4.74 Å². The van der Waals surface area contributed by atoms with E-state index in [0.29, 0.717) is 25.5 Å². The Morgan fingerprint density at radius 3 is 2.38 bits per heavy atom. The molecule has 9 nitrogen and oxygen atoms in total. The van der Waals surface area contributed by atoms with Gasteiger partial charge in [-0.25, -0.2) is 14.3 Å². The molecule has 1 aromatic heterocycles. The van der Waals surface area contributed by atoms with Crippen LogP contribution in [0.1, 0.15) is 56.6 Å². The zero-order valence-electron chi connectivity index (χ0n) is 19.2. The van der Waals surface area contributed by atoms with Crippen molar-refractivity contribution in [1.29, 1.82) is 0 Å². The van der Waals surface area contributed by atoms with Crippen molar-refractivity contribution in [2.45, 2.75) is 65.3 Å². The summed E-state index contributed by atoms with van der Waals surface area (Å²) in [5.41, 5.74) is 1.09. The van der Waals surface area contributed by atoms with E-state index < -0.39 is 17.7 Å². The Morgan fingerprint density at radius 1 is 1.09 bits per heavy atom. The fourth-order valence-electron chi connectivity index (χ4n) is 4.18. The van der Waals surface area contributed by atoms with E-state index in [1.807, 2.05) is 31.2 Å². The van der Waals surface area contributed by atoms with E-state index in [9.17, 15) is 14.4 Å². The summed E-state index contributed by atoms with van der Waals surface area (Å²) >= 11 is 0. The van der Waals surface area contributed by atoms with Crippen molar-refractivity contribution in [3.8, 4) is 0 Å². The Hall–Kier alpha value is -3.10. The maximum Gasteiger partial charge on any atom is 0.410 e. The van der Waals surface area contributed by atoms with Gasteiger partial charge in [0.25, 0.3) is 0 Å². The summed E-state index contributed by atoms with van der Waals surface area (Å²) in [5.74, 6) is 0.255. The molecule has 1 atom stereocenters. The van der Waals surface area contributed by atoms with Gasteiger partial charge in [0.15, 0.2) is 5.82 Å². The number of carbonyl (C=O) groups excluding carboxylic acids is 2. The van der Waals surface area contributed by atoms with Gasteiger partial charge in [-0.1, -0.05) is 29.8 Å². The van der Waals surface area contributed by atoms with E-state index in [1.54, 1.807) is 25.7 Å². The molecule has 2 aliphatic heterocycles. The highest BCUT2D eigenvalue weighted by atomic mass is 16.6. The predicted molar refractivity (Wildman–Crippen MR) is 118 cm³/mol. The highest BCUT2D eigenvalue weighted by molar-refractivity contribution is 5.82. The third-order valence-corrected chi connectivity index (χ3v) is 5.79. The quantitative estimate of drug-likeness (QED) is 0.729. The standard InChI is InChI=1S/C23H31N5O4/c1-16-7-9-17(10-8-16)13-27-21(30)28-18(20(29)25-11-5-6-12-25)14-26(15-19(28)24-27)22(31)32-23(2,3)4/h7-10,18H,5-6,11-15H2,1-4H3/t18-/m1/s1. The zero-order chi connectivity index (χ0) is 23.0. The monoisotopic (exact) mass is 441 g/mol. The van der Waals surface area contributed by atoms with Gasteiger partial charge in [-0.2, -0.15) is 5.10 Å². The third-order valence-electron chi connectivity index (χ3n) is 5.79. The van der Waals surface area contributed by atoms with E-state index in [2.05, 4.69) is 5.10 Å². The molecule has 1 saturated heterocycles. The van der Waals surface area contributed by atoms with Gasteiger partial charge < -0.3 is 9.64 Å². The van der Waals surface area contributed by atoms with Gasteiger partial charge in [0.1, 0.15) is 11.6 Å². The van der Waals surface area contributed by atoms with Gasteiger partial charge in [0.05, 0.1) is 19.6 Å². The molecule has 0 saturated carbocycles. The number of likely N-dealkylation sites (tertiary alicyclic amines) is 1. The number of aromatic nitrogens is 3. The number of nitrogens with zero attached hydrogens (tertiary/aromatic N) is 5. The minimum absolute atomic E-state index is 0.0907. The number of amides is 2. The maximum atomic E-state index is 13.3. The first-order valence-electron chi connectivity index (χ1n) is 11.1. The van der Waals surface area contributed by atoms with E-state index in [0.717, 1.165) is 24.0 Å². The van der Waals surface area contributed by atoms with Crippen LogP contribution in [0.2, 0.25) is 0 Å². The third kappa shape index (κ3) is 4.56. The van der Waals surface area contributed by atoms with Crippen LogP contribution in [0.15, 0.2) is 29.1 Å². The molecule has 9 heteroatoms. The van der Waals surface area contributed by atoms with Crippen LogP contribution >= 0.6 is 0 Å². The number of ether oxygens (including phenoxy) is 1. The summed E-state index contributed by atoms with van der Waals surface area (Å²) < 4.78 is 8.38. The van der Waals surface area contributed by atoms with Gasteiger partial charge in [0, 0.05) is 13.1 Å². The topological polar surface area (TPSA) is 89.7 Å². The second-order valence-corrected chi connectivity index (χ2v) is 9.62. The van der Waals surface area contributed by atoms with Crippen LogP contribution in [0.4, 0.5) is 4.79 Å². The highest BCUT2D eigenvalue weighted by Gasteiger charge is 2.39. The maximum absolute atomic E-state index is 13.3. The molecule has 2 amide bonds. The normalized spacial score (nSPS) is 18.6. The Labute approximate surface area is 187 Å². The SMILES string of the molecule is Cc1ccc(Cn2nc3n(c2=O)[C@@H](C(=O)N2CCCC2)CN(C(=O)OC(C)(C)C)C3)cc1. The number of fused-ring (bicyclic) bond motifs is 1. The first-order valence-corrected chi connectivity index (χ1v) is 11.1. The average molecular weight is 442 g/mol. The molecule has 32 heavy (non-hydrogen) atoms. The van der Waals surface area contributed by atoms with Crippen molar-refractivity contribution in [2.75, 3.05) is 19.6 Å². The molecule has 4 rings (SSSR count). The van der Waals surface area contributed by atoms with Crippen LogP contribution < -0.4 is 5.69 Å². The van der Waals surface area contributed by atoms with Gasteiger partial charge >= 0.3 is 11.8 Å². The first-order chi connectivity index (χ1) is 15.1. The summed E-state index contributed by atoms with van der Waals surface area (Å²) in [5, 5.41) is 4.50. The highest BCUT2D eigenvalue weighted by Crippen LogP contribution is 2.24. The molecule has 0 N–H and O–H groups in total. The number of rotatable bonds is 3. The van der Waals surface area contributed by atoms with Gasteiger partial charge in [0.2, 0.25) is 5.91 Å². The minimum atomic E-state index is -0.802. The Bertz CT molecular complexity index is 1060. The molecule has 172 valence electrons. The molecule has 3 heterocycles. The van der Waals surface area contributed by atoms with Crippen molar-refractivity contribution in [2.24, 2.45) is 0 Å². The lowest BCUT2D eigenvalue weighted by Gasteiger charge is -2.35. The Kier molecular flexibility index (Phi) is 5.83. The van der Waals surface area contributed by atoms with E-state index in [1.165, 1.54) is 14.1 Å². The van der Waals surface area contributed by atoms with Gasteiger partial charge in [-0.15, -0.1) is 0 Å². The fourth-order valence-corrected chi connectivity index (χ4v) is 4.18. The molecular weight excluding hydrogens is 410 g/mol. The van der Waals surface area contributed by atoms with Gasteiger partial charge in [-0.05, 0) is 46.1 Å². The van der Waals surface area contributed by atoms with Crippen LogP contribution in [0.25, 0.3) is 0 Å². The summed E-state index contributed by atoms with van der Waals surface area (Å²) in [6, 6.07) is 7.09. The molecular formula is C23H31N5O4. The smallest absolute Gasteiger partial charge is 0.410 e. The number of aryl methyl sites for hydroxylation is 1. The molecule has 0 radical (unpaired) electrons. The summed E-state index contributed by atoms with van der Waals surface area (Å²) in [7, 11) is 0. The van der Waals surface area contributed by atoms with Crippen LogP contribution in [-0.2, 0) is 22.6 Å². The summed E-state index contributed by atoms with van der Waals surface area (Å²) in [4.78, 5) is 42.6. The number of hydrogen-bond acceptors (Lipinski definition) is 5. The molecule has 1 aromatic carbocycles. The Balaban J connectivity index is 1.67. The average Bonchev–Trinajstić information content (AvgIpc) is 3.36. The van der Waals surface area contributed by atoms with Crippen LogP contribution in [0, 0.1) is 6.92 Å². The van der Waals surface area contributed by atoms with Crippen molar-refractivity contribution in [3.63, 3.8) is 0 Å². The molecule has 0 spiro atoms. The molecule has 2 aliphatic rings. The van der Waals surface area contributed by atoms with Crippen molar-refractivity contribution in [1.82, 2.24) is 24.1 Å². The molecule has 0 aliphatic carbocycles. The van der Waals surface area contributed by atoms with Crippen molar-refractivity contribution in [3.05, 3.63) is 51.7 Å². The molecule has 1 fully saturated rings. The van der Waals surface area contributed by atoms with Crippen molar-refractivity contribution < 1.29 is 14.3 Å². The molecule has 0 bridgehead atoms. The second-order valence-electron chi connectivity index (χ2n) is 9.62. The lowest BCUT2D eigenvalue weighted by molar-refractivity contribution is -0.135. The largest absolute Gasteiger partial charge is 0.444 e. The lowest BCUT2D eigenvalue weighted by Crippen LogP contribution is -2.50. The fraction of sp³-hybridized carbons (Fsp3) is 0.565. The van der Waals surface area contributed by atoms with Crippen LogP contribution in [0.3, 0.4) is 0 Å². The predicted octanol–water partition coefficient (Wildman–Crippen LogP) is 2.32. The first kappa shape index (κ1) is 22.1. The summed E-state index contributed by atoms with van der Waals surface area (Å²) in [6.45, 7) is 9.26. The van der Waals surface area contributed by atoms with Crippen molar-refractivity contribution >= 4 is 12.0 Å². The number of hydrogen-bond donors (Lipinski definition) is 0.